The lowest BCUT2D eigenvalue weighted by Crippen LogP contribution is -2.27. The molecule has 0 bridgehead atoms. The van der Waals surface area contributed by atoms with Gasteiger partial charge in [0.25, 0.3) is 5.91 Å². The number of nitrogens with zero attached hydrogens (tertiary/aromatic N) is 2. The Morgan fingerprint density at radius 3 is 2.76 bits per heavy atom. The van der Waals surface area contributed by atoms with Crippen LogP contribution in [0.25, 0.3) is 11.3 Å². The zero-order valence-electron chi connectivity index (χ0n) is 15.8. The van der Waals surface area contributed by atoms with Crippen molar-refractivity contribution in [3.8, 4) is 22.8 Å². The van der Waals surface area contributed by atoms with E-state index < -0.39 is 6.10 Å². The van der Waals surface area contributed by atoms with Crippen molar-refractivity contribution in [3.63, 3.8) is 0 Å². The number of aromatic nitrogens is 2. The van der Waals surface area contributed by atoms with Gasteiger partial charge in [-0.3, -0.25) is 9.48 Å². The lowest BCUT2D eigenvalue weighted by Gasteiger charge is -2.12. The second kappa shape index (κ2) is 7.92. The molecule has 0 fully saturated rings. The summed E-state index contributed by atoms with van der Waals surface area (Å²) in [6, 6.07) is 12.8. The number of rotatable bonds is 6. The molecule has 0 radical (unpaired) electrons. The first-order valence-electron chi connectivity index (χ1n) is 9.17. The molecule has 1 aromatic heterocycles. The molecule has 0 saturated heterocycles. The molecular weight excluding hydrogens is 377 g/mol. The highest BCUT2D eigenvalue weighted by molar-refractivity contribution is 5.93. The van der Waals surface area contributed by atoms with Crippen molar-refractivity contribution in [1.82, 2.24) is 15.1 Å². The van der Waals surface area contributed by atoms with E-state index in [4.69, 9.17) is 9.47 Å². The number of carbonyl (C=O) groups is 1. The first kappa shape index (κ1) is 18.9. The van der Waals surface area contributed by atoms with E-state index in [1.165, 1.54) is 16.8 Å². The molecule has 0 unspecified atom stereocenters. The first-order chi connectivity index (χ1) is 14.0. The highest BCUT2D eigenvalue weighted by Gasteiger charge is 2.18. The van der Waals surface area contributed by atoms with Crippen LogP contribution in [0.1, 0.15) is 28.6 Å². The summed E-state index contributed by atoms with van der Waals surface area (Å²) < 4.78 is 25.1. The average molecular weight is 397 g/mol. The number of nitrogens with one attached hydrogen (secondary N) is 1. The van der Waals surface area contributed by atoms with Gasteiger partial charge in [0.05, 0.1) is 11.8 Å². The van der Waals surface area contributed by atoms with Gasteiger partial charge in [-0.25, -0.2) is 4.39 Å². The van der Waals surface area contributed by atoms with Crippen LogP contribution in [-0.4, -0.2) is 34.1 Å². The van der Waals surface area contributed by atoms with Crippen LogP contribution in [0, 0.1) is 5.82 Å². The van der Waals surface area contributed by atoms with Crippen molar-refractivity contribution in [2.75, 3.05) is 13.3 Å². The van der Waals surface area contributed by atoms with E-state index in [1.54, 1.807) is 43.4 Å². The van der Waals surface area contributed by atoms with Gasteiger partial charge in [0, 0.05) is 19.2 Å². The smallest absolute Gasteiger partial charge is 0.269 e. The van der Waals surface area contributed by atoms with Crippen molar-refractivity contribution < 1.29 is 23.8 Å². The molecule has 4 rings (SSSR count). The summed E-state index contributed by atoms with van der Waals surface area (Å²) in [5, 5.41) is 17.5. The van der Waals surface area contributed by atoms with E-state index in [-0.39, 0.29) is 25.1 Å². The van der Waals surface area contributed by atoms with Crippen molar-refractivity contribution >= 4 is 5.91 Å². The molecule has 150 valence electrons. The van der Waals surface area contributed by atoms with E-state index >= 15 is 0 Å². The predicted molar refractivity (Wildman–Crippen MR) is 103 cm³/mol. The molecule has 8 heteroatoms. The SMILES string of the molecule is Cn1nc(-c2ccc(F)cc2)cc1C(=O)NCC[C@H](O)c1ccc2c(c1)OCO2. The van der Waals surface area contributed by atoms with E-state index in [0.717, 1.165) is 5.56 Å². The van der Waals surface area contributed by atoms with Gasteiger partial charge in [0.2, 0.25) is 6.79 Å². The van der Waals surface area contributed by atoms with Crippen molar-refractivity contribution in [1.29, 1.82) is 0 Å². The summed E-state index contributed by atoms with van der Waals surface area (Å²) in [6.07, 6.45) is -0.403. The Morgan fingerprint density at radius 1 is 1.21 bits per heavy atom. The topological polar surface area (TPSA) is 85.6 Å². The zero-order chi connectivity index (χ0) is 20.4. The van der Waals surface area contributed by atoms with E-state index in [0.29, 0.717) is 34.9 Å². The number of carbonyl (C=O) groups excluding carboxylic acids is 1. The largest absolute Gasteiger partial charge is 0.454 e. The van der Waals surface area contributed by atoms with E-state index in [9.17, 15) is 14.3 Å². The summed E-state index contributed by atoms with van der Waals surface area (Å²) in [4.78, 5) is 12.5. The van der Waals surface area contributed by atoms with Crippen LogP contribution in [0.5, 0.6) is 11.5 Å². The quantitative estimate of drug-likeness (QED) is 0.668. The fourth-order valence-electron chi connectivity index (χ4n) is 3.14. The maximum atomic E-state index is 13.1. The van der Waals surface area contributed by atoms with Crippen LogP contribution in [0.4, 0.5) is 4.39 Å². The number of ether oxygens (including phenoxy) is 2. The number of fused-ring (bicyclic) bond motifs is 1. The molecule has 0 saturated carbocycles. The maximum Gasteiger partial charge on any atom is 0.269 e. The summed E-state index contributed by atoms with van der Waals surface area (Å²) in [7, 11) is 1.67. The number of hydrogen-bond donors (Lipinski definition) is 2. The minimum Gasteiger partial charge on any atom is -0.454 e. The molecule has 0 spiro atoms. The number of amides is 1. The van der Waals surface area contributed by atoms with Crippen LogP contribution in [0.15, 0.2) is 48.5 Å². The van der Waals surface area contributed by atoms with Gasteiger partial charge < -0.3 is 19.9 Å². The van der Waals surface area contributed by atoms with Crippen LogP contribution in [-0.2, 0) is 7.05 Å². The number of aliphatic hydroxyl groups excluding tert-OH is 1. The average Bonchev–Trinajstić information content (AvgIpc) is 3.34. The molecule has 2 heterocycles. The van der Waals surface area contributed by atoms with Crippen molar-refractivity contribution in [2.24, 2.45) is 7.05 Å². The minimum absolute atomic E-state index is 0.176. The van der Waals surface area contributed by atoms with Gasteiger partial charge in [-0.05, 0) is 54.4 Å². The summed E-state index contributed by atoms with van der Waals surface area (Å²) in [5.74, 6) is 0.631. The molecule has 1 aliphatic rings. The molecule has 1 atom stereocenters. The summed E-state index contributed by atoms with van der Waals surface area (Å²) in [6.45, 7) is 0.459. The van der Waals surface area contributed by atoms with Gasteiger partial charge in [-0.1, -0.05) is 6.07 Å². The monoisotopic (exact) mass is 397 g/mol. The second-order valence-electron chi connectivity index (χ2n) is 6.72. The highest BCUT2D eigenvalue weighted by Crippen LogP contribution is 2.34. The predicted octanol–water partition coefficient (Wildman–Crippen LogP) is 2.81. The Hall–Kier alpha value is -3.39. The molecule has 1 aliphatic heterocycles. The molecule has 7 nitrogen and oxygen atoms in total. The molecule has 2 aromatic carbocycles. The molecule has 3 aromatic rings. The summed E-state index contributed by atoms with van der Waals surface area (Å²) in [5.41, 5.74) is 2.38. The highest BCUT2D eigenvalue weighted by atomic mass is 19.1. The van der Waals surface area contributed by atoms with Gasteiger partial charge in [-0.15, -0.1) is 0 Å². The number of benzene rings is 2. The fourth-order valence-corrected chi connectivity index (χ4v) is 3.14. The van der Waals surface area contributed by atoms with Crippen LogP contribution in [0.3, 0.4) is 0 Å². The molecule has 29 heavy (non-hydrogen) atoms. The van der Waals surface area contributed by atoms with Gasteiger partial charge in [0.1, 0.15) is 11.5 Å². The lowest BCUT2D eigenvalue weighted by atomic mass is 10.1. The number of aliphatic hydroxyl groups is 1. The first-order valence-corrected chi connectivity index (χ1v) is 9.17. The van der Waals surface area contributed by atoms with E-state index in [2.05, 4.69) is 10.4 Å². The van der Waals surface area contributed by atoms with Crippen molar-refractivity contribution in [3.05, 3.63) is 65.6 Å². The fraction of sp³-hybridized carbons (Fsp3) is 0.238. The third-order valence-corrected chi connectivity index (χ3v) is 4.74. The standard InChI is InChI=1S/C21H20FN3O4/c1-25-17(11-16(24-25)13-2-5-15(22)6-3-13)21(27)23-9-8-18(26)14-4-7-19-20(10-14)29-12-28-19/h2-7,10-11,18,26H,8-9,12H2,1H3,(H,23,27)/t18-/m0/s1. The van der Waals surface area contributed by atoms with Crippen LogP contribution < -0.4 is 14.8 Å². The van der Waals surface area contributed by atoms with Gasteiger partial charge in [-0.2, -0.15) is 5.10 Å². The maximum absolute atomic E-state index is 13.1. The molecule has 2 N–H and O–H groups in total. The number of halogens is 1. The lowest BCUT2D eigenvalue weighted by molar-refractivity contribution is 0.0933. The summed E-state index contributed by atoms with van der Waals surface area (Å²) >= 11 is 0. The zero-order valence-corrected chi connectivity index (χ0v) is 15.8. The molecular formula is C21H20FN3O4. The van der Waals surface area contributed by atoms with Crippen LogP contribution >= 0.6 is 0 Å². The van der Waals surface area contributed by atoms with Gasteiger partial charge in [0.15, 0.2) is 11.5 Å². The molecule has 1 amide bonds. The van der Waals surface area contributed by atoms with Crippen LogP contribution in [0.2, 0.25) is 0 Å². The molecule has 0 aliphatic carbocycles. The number of hydrogen-bond acceptors (Lipinski definition) is 5. The van der Waals surface area contributed by atoms with Gasteiger partial charge >= 0.3 is 0 Å². The Balaban J connectivity index is 1.35. The van der Waals surface area contributed by atoms with Crippen molar-refractivity contribution in [2.45, 2.75) is 12.5 Å². The second-order valence-corrected chi connectivity index (χ2v) is 6.72. The Kier molecular flexibility index (Phi) is 5.18. The third-order valence-electron chi connectivity index (χ3n) is 4.74. The Labute approximate surface area is 166 Å². The Bertz CT molecular complexity index is 1030. The minimum atomic E-state index is -0.744. The van der Waals surface area contributed by atoms with E-state index in [1.807, 2.05) is 0 Å². The normalized spacial score (nSPS) is 13.3. The number of aryl methyl sites for hydroxylation is 1. The Morgan fingerprint density at radius 2 is 1.97 bits per heavy atom. The third kappa shape index (κ3) is 4.07.